The lowest BCUT2D eigenvalue weighted by Gasteiger charge is -2.43. The van der Waals surface area contributed by atoms with Crippen LogP contribution in [-0.4, -0.2) is 46.9 Å². The molecule has 6 atom stereocenters. The van der Waals surface area contributed by atoms with Crippen LogP contribution in [0.1, 0.15) is 60.2 Å². The number of para-hydroxylation sites is 1. The van der Waals surface area contributed by atoms with Crippen LogP contribution >= 0.6 is 0 Å². The first-order valence-electron chi connectivity index (χ1n) is 19.8. The maximum atomic E-state index is 12.9. The summed E-state index contributed by atoms with van der Waals surface area (Å²) in [5.74, 6) is 1.41. The van der Waals surface area contributed by atoms with Gasteiger partial charge in [-0.25, -0.2) is 4.79 Å². The molecule has 1 heterocycles. The number of rotatable bonds is 14. The third-order valence-electron chi connectivity index (χ3n) is 10.9. The zero-order valence-electron chi connectivity index (χ0n) is 33.1. The predicted octanol–water partition coefficient (Wildman–Crippen LogP) is 9.81. The van der Waals surface area contributed by atoms with Crippen molar-refractivity contribution in [3.05, 3.63) is 186 Å². The van der Waals surface area contributed by atoms with E-state index in [-0.39, 0.29) is 36.8 Å². The molecule has 6 aromatic rings. The summed E-state index contributed by atoms with van der Waals surface area (Å²) in [4.78, 5) is 15.1. The highest BCUT2D eigenvalue weighted by Crippen LogP contribution is 2.42. The van der Waals surface area contributed by atoms with Gasteiger partial charge in [-0.1, -0.05) is 128 Å². The summed E-state index contributed by atoms with van der Waals surface area (Å²) in [6, 6.07) is 50.2. The maximum absolute atomic E-state index is 12.9. The molecule has 298 valence electrons. The van der Waals surface area contributed by atoms with E-state index < -0.39 is 12.4 Å². The number of nitrogens with one attached hydrogen (secondary N) is 2. The fraction of sp³-hybridized carbons (Fsp3) is 0.245. The Balaban J connectivity index is 1.03. The largest absolute Gasteiger partial charge is 0.457 e. The Morgan fingerprint density at radius 1 is 0.759 bits per heavy atom. The number of hydrogen-bond acceptors (Lipinski definition) is 7. The highest BCUT2D eigenvalue weighted by molar-refractivity contribution is 5.89. The number of hydrogen-bond donors (Lipinski definition) is 4. The molecule has 1 aliphatic rings. The first-order chi connectivity index (χ1) is 28.2. The van der Waals surface area contributed by atoms with Gasteiger partial charge in [0.15, 0.2) is 6.29 Å². The number of aliphatic hydroxyl groups is 2. The molecule has 7 rings (SSSR count). The standard InChI is InChI=1S/C49H51N3O6/c1-33-45(31-52(3)34(2)46(54)37-12-6-4-7-13-37)57-48(58-47(33)38-20-18-35(32-53)19-21-38)39-24-22-36(23-25-39)44-17-11-10-14-40(44)30-50-49(55)51-41-26-28-43(29-27-41)56-42-15-8-5-9-16-42/h4-29,33-34,45-48,53-54H,30-32H2,1-3H3,(H2,50,51,55)/t33-,34+,45+,46+,47+,48+/m1/s1. The smallest absolute Gasteiger partial charge is 0.319 e. The van der Waals surface area contributed by atoms with Gasteiger partial charge in [-0.3, -0.25) is 4.90 Å². The van der Waals surface area contributed by atoms with Crippen molar-refractivity contribution in [1.82, 2.24) is 10.2 Å². The quantitative estimate of drug-likeness (QED) is 0.0872. The van der Waals surface area contributed by atoms with E-state index in [4.69, 9.17) is 14.2 Å². The highest BCUT2D eigenvalue weighted by atomic mass is 16.7. The van der Waals surface area contributed by atoms with Gasteiger partial charge in [-0.15, -0.1) is 0 Å². The molecule has 0 unspecified atom stereocenters. The monoisotopic (exact) mass is 777 g/mol. The number of ether oxygens (including phenoxy) is 3. The molecule has 58 heavy (non-hydrogen) atoms. The Hall–Kier alpha value is -5.81. The van der Waals surface area contributed by atoms with E-state index in [2.05, 4.69) is 34.6 Å². The predicted molar refractivity (Wildman–Crippen MR) is 227 cm³/mol. The van der Waals surface area contributed by atoms with E-state index in [9.17, 15) is 15.0 Å². The summed E-state index contributed by atoms with van der Waals surface area (Å²) < 4.78 is 19.4. The van der Waals surface area contributed by atoms with Crippen molar-refractivity contribution in [2.24, 2.45) is 5.92 Å². The van der Waals surface area contributed by atoms with Crippen molar-refractivity contribution in [3.63, 3.8) is 0 Å². The summed E-state index contributed by atoms with van der Waals surface area (Å²) in [5, 5.41) is 26.8. The minimum atomic E-state index is -0.655. The second kappa shape index (κ2) is 19.1. The Labute approximate surface area is 340 Å². The summed E-state index contributed by atoms with van der Waals surface area (Å²) in [6.07, 6.45) is -1.77. The van der Waals surface area contributed by atoms with Crippen molar-refractivity contribution in [3.8, 4) is 22.6 Å². The van der Waals surface area contributed by atoms with E-state index in [1.165, 1.54) is 0 Å². The van der Waals surface area contributed by atoms with Gasteiger partial charge < -0.3 is 35.1 Å². The molecule has 1 aliphatic heterocycles. The highest BCUT2D eigenvalue weighted by Gasteiger charge is 2.39. The third-order valence-corrected chi connectivity index (χ3v) is 10.9. The van der Waals surface area contributed by atoms with Crippen molar-refractivity contribution in [1.29, 1.82) is 0 Å². The molecular weight excluding hydrogens is 727 g/mol. The molecule has 9 heteroatoms. The van der Waals surface area contributed by atoms with Crippen LogP contribution in [0.25, 0.3) is 11.1 Å². The minimum absolute atomic E-state index is 0.0105. The van der Waals surface area contributed by atoms with Gasteiger partial charge in [0, 0.05) is 36.3 Å². The number of nitrogens with zero attached hydrogens (tertiary/aromatic N) is 1. The number of urea groups is 1. The fourth-order valence-electron chi connectivity index (χ4n) is 7.31. The Morgan fingerprint density at radius 3 is 2.07 bits per heavy atom. The van der Waals surface area contributed by atoms with Crippen LogP contribution in [0.2, 0.25) is 0 Å². The van der Waals surface area contributed by atoms with Gasteiger partial charge in [0.05, 0.1) is 24.9 Å². The zero-order chi connectivity index (χ0) is 40.4. The lowest BCUT2D eigenvalue weighted by atomic mass is 9.89. The Kier molecular flexibility index (Phi) is 13.3. The topological polar surface area (TPSA) is 113 Å². The van der Waals surface area contributed by atoms with Crippen LogP contribution in [0, 0.1) is 5.92 Å². The zero-order valence-corrected chi connectivity index (χ0v) is 33.1. The number of benzene rings is 6. The molecule has 0 radical (unpaired) electrons. The SMILES string of the molecule is C[C@@H]1[C@H](CN(C)[C@@H](C)[C@H](O)c2ccccc2)O[C@H](c2ccc(-c3ccccc3CNC(=O)Nc3ccc(Oc4ccccc4)cc3)cc2)O[C@@H]1c1ccc(CO)cc1. The van der Waals surface area contributed by atoms with Crippen LogP contribution < -0.4 is 15.4 Å². The number of carbonyl (C=O) groups is 1. The van der Waals surface area contributed by atoms with E-state index in [0.29, 0.717) is 24.5 Å². The minimum Gasteiger partial charge on any atom is -0.457 e. The van der Waals surface area contributed by atoms with E-state index in [1.807, 2.05) is 147 Å². The van der Waals surface area contributed by atoms with Gasteiger partial charge in [-0.05, 0) is 83.8 Å². The summed E-state index contributed by atoms with van der Waals surface area (Å²) in [7, 11) is 2.02. The van der Waals surface area contributed by atoms with E-state index in [1.54, 1.807) is 12.1 Å². The molecule has 0 spiro atoms. The molecule has 0 saturated carbocycles. The second-order valence-electron chi connectivity index (χ2n) is 14.9. The Morgan fingerprint density at radius 2 is 1.38 bits per heavy atom. The van der Waals surface area contributed by atoms with Crippen molar-refractivity contribution in [2.75, 3.05) is 18.9 Å². The average Bonchev–Trinajstić information content (AvgIpc) is 3.27. The van der Waals surface area contributed by atoms with Crippen LogP contribution in [-0.2, 0) is 22.6 Å². The molecule has 1 fully saturated rings. The number of likely N-dealkylation sites (N-methyl/N-ethyl adjacent to an activating group) is 1. The molecule has 6 aromatic carbocycles. The first kappa shape index (κ1) is 40.4. The van der Waals surface area contributed by atoms with Crippen molar-refractivity contribution >= 4 is 11.7 Å². The van der Waals surface area contributed by atoms with Gasteiger partial charge >= 0.3 is 6.03 Å². The molecular formula is C49H51N3O6. The lowest BCUT2D eigenvalue weighted by Crippen LogP contribution is -2.46. The first-order valence-corrected chi connectivity index (χ1v) is 19.8. The van der Waals surface area contributed by atoms with Crippen LogP contribution in [0.15, 0.2) is 158 Å². The van der Waals surface area contributed by atoms with Gasteiger partial charge in [-0.2, -0.15) is 0 Å². The van der Waals surface area contributed by atoms with Crippen molar-refractivity contribution in [2.45, 2.75) is 57.6 Å². The maximum Gasteiger partial charge on any atom is 0.319 e. The molecule has 0 aromatic heterocycles. The molecule has 0 bridgehead atoms. The molecule has 0 aliphatic carbocycles. The molecule has 4 N–H and O–H groups in total. The number of aliphatic hydroxyl groups excluding tert-OH is 2. The lowest BCUT2D eigenvalue weighted by molar-refractivity contribution is -0.276. The third kappa shape index (κ3) is 10.0. The normalized spacial score (nSPS) is 18.9. The van der Waals surface area contributed by atoms with Crippen LogP contribution in [0.3, 0.4) is 0 Å². The van der Waals surface area contributed by atoms with E-state index >= 15 is 0 Å². The molecule has 1 saturated heterocycles. The Bertz CT molecular complexity index is 2200. The number of carbonyl (C=O) groups excluding carboxylic acids is 1. The average molecular weight is 778 g/mol. The van der Waals surface area contributed by atoms with E-state index in [0.717, 1.165) is 44.7 Å². The van der Waals surface area contributed by atoms with Gasteiger partial charge in [0.25, 0.3) is 0 Å². The number of amides is 2. The molecule has 2 amide bonds. The van der Waals surface area contributed by atoms with Crippen molar-refractivity contribution < 1.29 is 29.2 Å². The van der Waals surface area contributed by atoms with Gasteiger partial charge in [0.2, 0.25) is 0 Å². The number of anilines is 1. The van der Waals surface area contributed by atoms with Crippen LogP contribution in [0.4, 0.5) is 10.5 Å². The summed E-state index contributed by atoms with van der Waals surface area (Å²) >= 11 is 0. The summed E-state index contributed by atoms with van der Waals surface area (Å²) in [6.45, 7) is 5.06. The molecule has 9 nitrogen and oxygen atoms in total. The van der Waals surface area contributed by atoms with Gasteiger partial charge in [0.1, 0.15) is 11.5 Å². The fourth-order valence-corrected chi connectivity index (χ4v) is 7.31. The van der Waals surface area contributed by atoms with Crippen LogP contribution in [0.5, 0.6) is 11.5 Å². The summed E-state index contributed by atoms with van der Waals surface area (Å²) in [5.41, 5.74) is 7.23. The second-order valence-corrected chi connectivity index (χ2v) is 14.9.